The van der Waals surface area contributed by atoms with Crippen LogP contribution in [0.2, 0.25) is 0 Å². The summed E-state index contributed by atoms with van der Waals surface area (Å²) in [7, 11) is 0. The lowest BCUT2D eigenvalue weighted by atomic mass is 9.79. The van der Waals surface area contributed by atoms with Crippen molar-refractivity contribution in [1.29, 1.82) is 0 Å². The van der Waals surface area contributed by atoms with Crippen molar-refractivity contribution in [3.63, 3.8) is 0 Å². The van der Waals surface area contributed by atoms with Gasteiger partial charge in [-0.3, -0.25) is 0 Å². The van der Waals surface area contributed by atoms with E-state index in [1.165, 1.54) is 12.2 Å². The van der Waals surface area contributed by atoms with Crippen LogP contribution in [0.4, 0.5) is 0 Å². The molecule has 0 aromatic rings. The van der Waals surface area contributed by atoms with Gasteiger partial charge in [-0.1, -0.05) is 48.5 Å². The Hall–Kier alpha value is 0.350. The van der Waals surface area contributed by atoms with E-state index in [-0.39, 0.29) is 0 Å². The molecule has 0 N–H and O–H groups in total. The van der Waals surface area contributed by atoms with E-state index in [1.807, 2.05) is 0 Å². The predicted octanol–water partition coefficient (Wildman–Crippen LogP) is 4.59. The highest BCUT2D eigenvalue weighted by molar-refractivity contribution is 8.00. The third-order valence-corrected chi connectivity index (χ3v) is 4.71. The average Bonchev–Trinajstić information content (AvgIpc) is 1.98. The van der Waals surface area contributed by atoms with Crippen molar-refractivity contribution < 1.29 is 0 Å². The average molecular weight is 202 g/mol. The number of rotatable bonds is 4. The second-order valence-corrected chi connectivity index (χ2v) is 7.37. The molecule has 0 aromatic carbocycles. The minimum atomic E-state index is 0.408. The van der Waals surface area contributed by atoms with Crippen molar-refractivity contribution in [2.24, 2.45) is 11.3 Å². The zero-order valence-electron chi connectivity index (χ0n) is 10.4. The monoisotopic (exact) mass is 202 g/mol. The van der Waals surface area contributed by atoms with Gasteiger partial charge >= 0.3 is 0 Å². The van der Waals surface area contributed by atoms with Crippen LogP contribution in [0.5, 0.6) is 0 Å². The Labute approximate surface area is 88.9 Å². The van der Waals surface area contributed by atoms with Gasteiger partial charge in [-0.15, -0.1) is 0 Å². The molecule has 0 aliphatic carbocycles. The smallest absolute Gasteiger partial charge is 0.00753 e. The molecule has 0 heterocycles. The zero-order valence-corrected chi connectivity index (χ0v) is 11.2. The Kier molecular flexibility index (Phi) is 4.85. The largest absolute Gasteiger partial charge is 0.155 e. The number of hydrogen-bond acceptors (Lipinski definition) is 1. The molecule has 0 saturated carbocycles. The van der Waals surface area contributed by atoms with Crippen molar-refractivity contribution in [3.8, 4) is 0 Å². The molecule has 1 unspecified atom stereocenters. The Morgan fingerprint density at radius 1 is 1.08 bits per heavy atom. The normalized spacial score (nSPS) is 17.5. The van der Waals surface area contributed by atoms with Gasteiger partial charge in [0.15, 0.2) is 0 Å². The summed E-state index contributed by atoms with van der Waals surface area (Å²) in [5, 5.41) is 0. The molecule has 0 radical (unpaired) electrons. The van der Waals surface area contributed by atoms with E-state index in [0.29, 0.717) is 10.2 Å². The molecule has 80 valence electrons. The summed E-state index contributed by atoms with van der Waals surface area (Å²) in [5.41, 5.74) is 0.512. The molecule has 0 saturated heterocycles. The fourth-order valence-corrected chi connectivity index (χ4v) is 2.36. The van der Waals surface area contributed by atoms with Crippen molar-refractivity contribution in [1.82, 2.24) is 0 Å². The maximum Gasteiger partial charge on any atom is 0.00753 e. The maximum absolute atomic E-state index is 2.41. The molecule has 0 fully saturated rings. The lowest BCUT2D eigenvalue weighted by Crippen LogP contribution is -2.27. The third-order valence-electron chi connectivity index (χ3n) is 3.04. The highest BCUT2D eigenvalue weighted by Crippen LogP contribution is 2.38. The van der Waals surface area contributed by atoms with Crippen LogP contribution >= 0.6 is 11.8 Å². The van der Waals surface area contributed by atoms with Crippen LogP contribution in [0, 0.1) is 11.3 Å². The molecular formula is C12H26S. The van der Waals surface area contributed by atoms with Gasteiger partial charge in [0.1, 0.15) is 0 Å². The minimum absolute atomic E-state index is 0.408. The van der Waals surface area contributed by atoms with Gasteiger partial charge in [-0.25, -0.2) is 0 Å². The van der Waals surface area contributed by atoms with Crippen LogP contribution in [-0.4, -0.2) is 10.5 Å². The van der Waals surface area contributed by atoms with Crippen LogP contribution in [0.1, 0.15) is 54.9 Å². The number of hydrogen-bond donors (Lipinski definition) is 0. The Bertz CT molecular complexity index is 144. The fourth-order valence-electron chi connectivity index (χ4n) is 1.06. The summed E-state index contributed by atoms with van der Waals surface area (Å²) in [4.78, 5) is 0. The Morgan fingerprint density at radius 3 is 1.77 bits per heavy atom. The molecular weight excluding hydrogens is 176 g/mol. The summed E-state index contributed by atoms with van der Waals surface area (Å²) >= 11 is 2.09. The van der Waals surface area contributed by atoms with Gasteiger partial charge < -0.3 is 0 Å². The predicted molar refractivity (Wildman–Crippen MR) is 65.4 cm³/mol. The first kappa shape index (κ1) is 13.4. The van der Waals surface area contributed by atoms with Gasteiger partial charge in [0.2, 0.25) is 0 Å². The van der Waals surface area contributed by atoms with Crippen molar-refractivity contribution in [2.75, 3.05) is 5.75 Å². The minimum Gasteiger partial charge on any atom is -0.155 e. The SMILES string of the molecule is CCC(C)(CSC(C)(C)C)C(C)C. The van der Waals surface area contributed by atoms with E-state index >= 15 is 0 Å². The lowest BCUT2D eigenvalue weighted by molar-refractivity contribution is 0.247. The van der Waals surface area contributed by atoms with Crippen molar-refractivity contribution >= 4 is 11.8 Å². The maximum atomic E-state index is 2.41. The second kappa shape index (κ2) is 4.72. The van der Waals surface area contributed by atoms with Crippen molar-refractivity contribution in [2.45, 2.75) is 59.6 Å². The molecule has 0 amide bonds. The van der Waals surface area contributed by atoms with E-state index < -0.39 is 0 Å². The summed E-state index contributed by atoms with van der Waals surface area (Å²) in [6, 6.07) is 0. The molecule has 0 bridgehead atoms. The Balaban J connectivity index is 4.14. The first-order valence-electron chi connectivity index (χ1n) is 5.35. The van der Waals surface area contributed by atoms with E-state index in [2.05, 4.69) is 60.2 Å². The molecule has 13 heavy (non-hydrogen) atoms. The first-order chi connectivity index (χ1) is 5.71. The van der Waals surface area contributed by atoms with Crippen LogP contribution in [0.3, 0.4) is 0 Å². The quantitative estimate of drug-likeness (QED) is 0.642. The standard InChI is InChI=1S/C12H26S/c1-8-12(7,10(2)3)9-13-11(4,5)6/h10H,8-9H2,1-7H3. The summed E-state index contributed by atoms with van der Waals surface area (Å²) in [6.07, 6.45) is 1.29. The third kappa shape index (κ3) is 4.95. The van der Waals surface area contributed by atoms with E-state index in [1.54, 1.807) is 0 Å². The summed E-state index contributed by atoms with van der Waals surface area (Å²) in [5.74, 6) is 2.07. The molecule has 1 atom stereocenters. The summed E-state index contributed by atoms with van der Waals surface area (Å²) < 4.78 is 0.408. The van der Waals surface area contributed by atoms with E-state index in [0.717, 1.165) is 5.92 Å². The molecule has 0 aliphatic heterocycles. The molecule has 0 rings (SSSR count). The molecule has 0 spiro atoms. The second-order valence-electron chi connectivity index (χ2n) is 5.56. The zero-order chi connectivity index (χ0) is 10.7. The van der Waals surface area contributed by atoms with Gasteiger partial charge in [-0.05, 0) is 23.5 Å². The van der Waals surface area contributed by atoms with E-state index in [9.17, 15) is 0 Å². The first-order valence-corrected chi connectivity index (χ1v) is 6.34. The summed E-state index contributed by atoms with van der Waals surface area (Å²) in [6.45, 7) is 16.3. The molecule has 0 nitrogen and oxygen atoms in total. The van der Waals surface area contributed by atoms with Gasteiger partial charge in [0, 0.05) is 4.75 Å². The van der Waals surface area contributed by atoms with Gasteiger partial charge in [0.25, 0.3) is 0 Å². The highest BCUT2D eigenvalue weighted by Gasteiger charge is 2.28. The molecule has 0 aliphatic rings. The van der Waals surface area contributed by atoms with Crippen LogP contribution in [0.15, 0.2) is 0 Å². The molecule has 0 aromatic heterocycles. The Morgan fingerprint density at radius 2 is 1.54 bits per heavy atom. The number of thioether (sulfide) groups is 1. The van der Waals surface area contributed by atoms with Gasteiger partial charge in [-0.2, -0.15) is 11.8 Å². The van der Waals surface area contributed by atoms with Crippen molar-refractivity contribution in [3.05, 3.63) is 0 Å². The molecule has 1 heteroatoms. The highest BCUT2D eigenvalue weighted by atomic mass is 32.2. The van der Waals surface area contributed by atoms with Crippen LogP contribution in [-0.2, 0) is 0 Å². The fraction of sp³-hybridized carbons (Fsp3) is 1.00. The van der Waals surface area contributed by atoms with Crippen LogP contribution < -0.4 is 0 Å². The van der Waals surface area contributed by atoms with Crippen LogP contribution in [0.25, 0.3) is 0 Å². The van der Waals surface area contributed by atoms with E-state index in [4.69, 9.17) is 0 Å². The topological polar surface area (TPSA) is 0 Å². The van der Waals surface area contributed by atoms with Gasteiger partial charge in [0.05, 0.1) is 0 Å². The lowest BCUT2D eigenvalue weighted by Gasteiger charge is -2.35.